The summed E-state index contributed by atoms with van der Waals surface area (Å²) in [7, 11) is 4.59. The number of anilines is 1. The summed E-state index contributed by atoms with van der Waals surface area (Å²) in [5.74, 6) is 0.822. The van der Waals surface area contributed by atoms with E-state index < -0.39 is 6.04 Å². The van der Waals surface area contributed by atoms with Crippen LogP contribution in [0.15, 0.2) is 18.2 Å². The Morgan fingerprint density at radius 3 is 2.16 bits per heavy atom. The fourth-order valence-corrected chi connectivity index (χ4v) is 1.96. The molecule has 1 fully saturated rings. The Labute approximate surface area is 111 Å². The molecule has 19 heavy (non-hydrogen) atoms. The number of rotatable bonds is 4. The smallest absolute Gasteiger partial charge is 0.251 e. The molecule has 0 saturated carbocycles. The quantitative estimate of drug-likeness (QED) is 0.817. The number of hydrogen-bond donors (Lipinski definition) is 1. The summed E-state index contributed by atoms with van der Waals surface area (Å²) in [6.45, 7) is 0. The van der Waals surface area contributed by atoms with Crippen LogP contribution in [0.4, 0.5) is 5.69 Å². The number of nitrogens with zero attached hydrogens (tertiary/aromatic N) is 1. The van der Waals surface area contributed by atoms with Gasteiger partial charge in [0.2, 0.25) is 5.91 Å². The van der Waals surface area contributed by atoms with Crippen LogP contribution in [0.1, 0.15) is 6.42 Å². The fourth-order valence-electron chi connectivity index (χ4n) is 1.96. The van der Waals surface area contributed by atoms with Crippen LogP contribution in [-0.2, 0) is 9.59 Å². The zero-order chi connectivity index (χ0) is 14.0. The summed E-state index contributed by atoms with van der Waals surface area (Å²) in [5, 5.41) is 3.03. The van der Waals surface area contributed by atoms with Gasteiger partial charge in [-0.15, -0.1) is 0 Å². The second-order valence-electron chi connectivity index (χ2n) is 4.29. The highest BCUT2D eigenvalue weighted by Crippen LogP contribution is 2.27. The molecule has 1 N–H and O–H groups in total. The van der Waals surface area contributed by atoms with E-state index >= 15 is 0 Å². The number of nitrogens with one attached hydrogen (secondary N) is 1. The number of carbonyl (C=O) groups is 2. The number of ether oxygens (including phenoxy) is 2. The molecule has 0 aromatic heterocycles. The van der Waals surface area contributed by atoms with Gasteiger partial charge in [0.05, 0.1) is 20.6 Å². The molecule has 6 nitrogen and oxygen atoms in total. The van der Waals surface area contributed by atoms with Crippen molar-refractivity contribution in [1.82, 2.24) is 4.90 Å². The molecule has 1 aliphatic heterocycles. The van der Waals surface area contributed by atoms with Gasteiger partial charge >= 0.3 is 0 Å². The van der Waals surface area contributed by atoms with Gasteiger partial charge in [-0.2, -0.15) is 0 Å². The Morgan fingerprint density at radius 2 is 1.74 bits per heavy atom. The van der Waals surface area contributed by atoms with E-state index in [2.05, 4.69) is 5.32 Å². The van der Waals surface area contributed by atoms with Crippen molar-refractivity contribution in [3.63, 3.8) is 0 Å². The first-order chi connectivity index (χ1) is 9.05. The Hall–Kier alpha value is -2.24. The molecule has 1 aromatic rings. The van der Waals surface area contributed by atoms with Gasteiger partial charge in [-0.1, -0.05) is 0 Å². The molecule has 1 unspecified atom stereocenters. The largest absolute Gasteiger partial charge is 0.497 e. The molecule has 1 heterocycles. The molecule has 1 saturated heterocycles. The number of likely N-dealkylation sites (N-methyl/N-ethyl adjacent to an activating group) is 1. The van der Waals surface area contributed by atoms with Gasteiger partial charge in [0, 0.05) is 30.9 Å². The minimum absolute atomic E-state index is 0.162. The molecule has 6 heteroatoms. The van der Waals surface area contributed by atoms with Crippen LogP contribution in [0.2, 0.25) is 0 Å². The third kappa shape index (κ3) is 2.62. The predicted molar refractivity (Wildman–Crippen MR) is 69.4 cm³/mol. The van der Waals surface area contributed by atoms with Crippen molar-refractivity contribution in [2.45, 2.75) is 12.5 Å². The van der Waals surface area contributed by atoms with Crippen LogP contribution in [0.5, 0.6) is 11.5 Å². The molecule has 0 radical (unpaired) electrons. The average molecular weight is 264 g/mol. The number of carbonyl (C=O) groups excluding carboxylic acids is 2. The topological polar surface area (TPSA) is 67.9 Å². The summed E-state index contributed by atoms with van der Waals surface area (Å²) >= 11 is 0. The van der Waals surface area contributed by atoms with Gasteiger partial charge in [-0.25, -0.2) is 0 Å². The highest BCUT2D eigenvalue weighted by molar-refractivity contribution is 6.06. The molecule has 2 amide bonds. The van der Waals surface area contributed by atoms with Crippen LogP contribution in [0.25, 0.3) is 0 Å². The molecule has 1 aromatic carbocycles. The molecule has 102 valence electrons. The molecular weight excluding hydrogens is 248 g/mol. The van der Waals surface area contributed by atoms with Crippen molar-refractivity contribution in [3.8, 4) is 11.5 Å². The van der Waals surface area contributed by atoms with E-state index in [1.54, 1.807) is 32.4 Å². The molecule has 2 rings (SSSR count). The standard InChI is InChI=1S/C13H16N2O4/c1-15-12(16)7-11(13(15)17)14-8-4-9(18-2)6-10(5-8)19-3/h4-6,11,14H,7H2,1-3H3. The number of benzene rings is 1. The van der Waals surface area contributed by atoms with Crippen molar-refractivity contribution in [3.05, 3.63) is 18.2 Å². The summed E-state index contributed by atoms with van der Waals surface area (Å²) in [4.78, 5) is 24.4. The fraction of sp³-hybridized carbons (Fsp3) is 0.385. The van der Waals surface area contributed by atoms with Gasteiger partial charge in [0.15, 0.2) is 0 Å². The van der Waals surface area contributed by atoms with Crippen LogP contribution in [-0.4, -0.2) is 44.0 Å². The van der Waals surface area contributed by atoms with Gasteiger partial charge in [0.1, 0.15) is 17.5 Å². The zero-order valence-corrected chi connectivity index (χ0v) is 11.1. The van der Waals surface area contributed by atoms with E-state index in [4.69, 9.17) is 9.47 Å². The first-order valence-electron chi connectivity index (χ1n) is 5.85. The van der Waals surface area contributed by atoms with Crippen molar-refractivity contribution in [1.29, 1.82) is 0 Å². The monoisotopic (exact) mass is 264 g/mol. The van der Waals surface area contributed by atoms with Gasteiger partial charge in [-0.3, -0.25) is 14.5 Å². The lowest BCUT2D eigenvalue weighted by molar-refractivity contribution is -0.136. The Kier molecular flexibility index (Phi) is 3.59. The molecule has 1 atom stereocenters. The first kappa shape index (κ1) is 13.2. The van der Waals surface area contributed by atoms with E-state index in [1.807, 2.05) is 0 Å². The summed E-state index contributed by atoms with van der Waals surface area (Å²) in [5.41, 5.74) is 0.678. The summed E-state index contributed by atoms with van der Waals surface area (Å²) in [6.07, 6.45) is 0.162. The van der Waals surface area contributed by atoms with Crippen molar-refractivity contribution >= 4 is 17.5 Å². The maximum absolute atomic E-state index is 11.8. The number of amides is 2. The normalized spacial score (nSPS) is 18.7. The lowest BCUT2D eigenvalue weighted by atomic mass is 10.2. The van der Waals surface area contributed by atoms with Crippen molar-refractivity contribution < 1.29 is 19.1 Å². The SMILES string of the molecule is COc1cc(NC2CC(=O)N(C)C2=O)cc(OC)c1. The minimum Gasteiger partial charge on any atom is -0.497 e. The first-order valence-corrected chi connectivity index (χ1v) is 5.85. The number of methoxy groups -OCH3 is 2. The maximum atomic E-state index is 11.8. The summed E-state index contributed by atoms with van der Waals surface area (Å²) < 4.78 is 10.3. The lowest BCUT2D eigenvalue weighted by Crippen LogP contribution is -2.31. The van der Waals surface area contributed by atoms with Crippen LogP contribution in [0, 0.1) is 0 Å². The van der Waals surface area contributed by atoms with E-state index in [9.17, 15) is 9.59 Å². The molecule has 0 bridgehead atoms. The maximum Gasteiger partial charge on any atom is 0.251 e. The van der Waals surface area contributed by atoms with Crippen LogP contribution >= 0.6 is 0 Å². The van der Waals surface area contributed by atoms with Crippen molar-refractivity contribution in [2.75, 3.05) is 26.6 Å². The third-order valence-corrected chi connectivity index (χ3v) is 3.07. The summed E-state index contributed by atoms with van der Waals surface area (Å²) in [6, 6.07) is 4.70. The average Bonchev–Trinajstić information content (AvgIpc) is 2.65. The van der Waals surface area contributed by atoms with E-state index in [1.165, 1.54) is 7.05 Å². The number of likely N-dealkylation sites (tertiary alicyclic amines) is 1. The van der Waals surface area contributed by atoms with E-state index in [-0.39, 0.29) is 18.2 Å². The molecular formula is C13H16N2O4. The molecule has 0 spiro atoms. The number of imide groups is 1. The van der Waals surface area contributed by atoms with Crippen LogP contribution in [0.3, 0.4) is 0 Å². The van der Waals surface area contributed by atoms with E-state index in [0.29, 0.717) is 17.2 Å². The molecule has 1 aliphatic rings. The minimum atomic E-state index is -0.533. The number of hydrogen-bond acceptors (Lipinski definition) is 5. The second kappa shape index (κ2) is 5.17. The predicted octanol–water partition coefficient (Wildman–Crippen LogP) is 0.873. The third-order valence-electron chi connectivity index (χ3n) is 3.07. The van der Waals surface area contributed by atoms with Gasteiger partial charge in [0.25, 0.3) is 5.91 Å². The van der Waals surface area contributed by atoms with Crippen molar-refractivity contribution in [2.24, 2.45) is 0 Å². The molecule has 0 aliphatic carbocycles. The van der Waals surface area contributed by atoms with Gasteiger partial charge in [-0.05, 0) is 0 Å². The van der Waals surface area contributed by atoms with Gasteiger partial charge < -0.3 is 14.8 Å². The van der Waals surface area contributed by atoms with E-state index in [0.717, 1.165) is 4.90 Å². The Balaban J connectivity index is 2.19. The van der Waals surface area contributed by atoms with Crippen LogP contribution < -0.4 is 14.8 Å². The zero-order valence-electron chi connectivity index (χ0n) is 11.1. The highest BCUT2D eigenvalue weighted by atomic mass is 16.5. The Morgan fingerprint density at radius 1 is 1.16 bits per heavy atom. The second-order valence-corrected chi connectivity index (χ2v) is 4.29. The highest BCUT2D eigenvalue weighted by Gasteiger charge is 2.35. The lowest BCUT2D eigenvalue weighted by Gasteiger charge is -2.14. The Bertz CT molecular complexity index is 493.